The lowest BCUT2D eigenvalue weighted by atomic mass is 10.0. The monoisotopic (exact) mass is 370 g/mol. The van der Waals surface area contributed by atoms with Gasteiger partial charge in [-0.05, 0) is 19.1 Å². The van der Waals surface area contributed by atoms with Crippen LogP contribution in [0.2, 0.25) is 0 Å². The van der Waals surface area contributed by atoms with Crippen LogP contribution in [0.5, 0.6) is 0 Å². The number of carbonyl (C=O) groups excluding carboxylic acids is 2. The van der Waals surface area contributed by atoms with E-state index in [4.69, 9.17) is 0 Å². The summed E-state index contributed by atoms with van der Waals surface area (Å²) in [4.78, 5) is 33.3. The van der Waals surface area contributed by atoms with Crippen molar-refractivity contribution in [3.63, 3.8) is 0 Å². The number of hydrogen-bond donors (Lipinski definition) is 1. The third kappa shape index (κ3) is 4.71. The van der Waals surface area contributed by atoms with Gasteiger partial charge in [0.2, 0.25) is 11.8 Å². The maximum absolute atomic E-state index is 12.7. The van der Waals surface area contributed by atoms with Crippen molar-refractivity contribution < 1.29 is 9.59 Å². The van der Waals surface area contributed by atoms with Crippen molar-refractivity contribution in [1.82, 2.24) is 24.6 Å². The van der Waals surface area contributed by atoms with E-state index in [9.17, 15) is 9.59 Å². The van der Waals surface area contributed by atoms with E-state index in [-0.39, 0.29) is 24.3 Å². The summed E-state index contributed by atoms with van der Waals surface area (Å²) in [6.07, 6.45) is 3.96. The first-order chi connectivity index (χ1) is 12.9. The molecule has 3 heterocycles. The van der Waals surface area contributed by atoms with Crippen LogP contribution in [0.1, 0.15) is 11.4 Å². The van der Waals surface area contributed by atoms with Crippen molar-refractivity contribution in [2.24, 2.45) is 13.0 Å². The van der Waals surface area contributed by atoms with Crippen molar-refractivity contribution in [2.75, 3.05) is 38.5 Å². The molecule has 2 amide bonds. The van der Waals surface area contributed by atoms with Gasteiger partial charge in [0, 0.05) is 52.0 Å². The molecule has 2 aromatic rings. The molecule has 8 heteroatoms. The van der Waals surface area contributed by atoms with Crippen molar-refractivity contribution in [1.29, 1.82) is 0 Å². The Labute approximate surface area is 159 Å². The molecule has 0 saturated carbocycles. The van der Waals surface area contributed by atoms with E-state index in [2.05, 4.69) is 15.4 Å². The highest BCUT2D eigenvalue weighted by Gasteiger charge is 2.29. The van der Waals surface area contributed by atoms with E-state index >= 15 is 0 Å². The molecule has 0 aromatic carbocycles. The first-order valence-corrected chi connectivity index (χ1v) is 9.09. The number of amides is 2. The van der Waals surface area contributed by atoms with Gasteiger partial charge >= 0.3 is 0 Å². The fourth-order valence-corrected chi connectivity index (χ4v) is 3.28. The van der Waals surface area contributed by atoms with E-state index in [0.29, 0.717) is 26.1 Å². The number of pyridine rings is 1. The van der Waals surface area contributed by atoms with Gasteiger partial charge in [-0.25, -0.2) is 0 Å². The molecule has 1 unspecified atom stereocenters. The van der Waals surface area contributed by atoms with Crippen LogP contribution in [0.15, 0.2) is 30.6 Å². The van der Waals surface area contributed by atoms with Crippen LogP contribution in [0.25, 0.3) is 0 Å². The maximum Gasteiger partial charge on any atom is 0.238 e. The van der Waals surface area contributed by atoms with Gasteiger partial charge in [-0.15, -0.1) is 0 Å². The predicted octanol–water partition coefficient (Wildman–Crippen LogP) is 0.695. The molecule has 1 saturated heterocycles. The molecule has 0 spiro atoms. The Hall–Kier alpha value is -2.74. The molecule has 1 atom stereocenters. The summed E-state index contributed by atoms with van der Waals surface area (Å²) in [5.74, 6) is -0.202. The van der Waals surface area contributed by atoms with Crippen LogP contribution < -0.4 is 5.32 Å². The minimum Gasteiger partial charge on any atom is -0.344 e. The summed E-state index contributed by atoms with van der Waals surface area (Å²) in [6, 6.07) is 5.72. The van der Waals surface area contributed by atoms with Gasteiger partial charge < -0.3 is 10.2 Å². The number of nitrogens with one attached hydrogen (secondary N) is 1. The lowest BCUT2D eigenvalue weighted by Gasteiger charge is -2.22. The Morgan fingerprint density at radius 1 is 1.30 bits per heavy atom. The average molecular weight is 370 g/mol. The van der Waals surface area contributed by atoms with Crippen LogP contribution in [0.3, 0.4) is 0 Å². The normalized spacial score (nSPS) is 18.4. The SMILES string of the molecule is Cc1c(NC(=O)CN2CCN(C)C(=O)C(Cc3ccccn3)C2)cnn1C. The minimum absolute atomic E-state index is 0.0975. The summed E-state index contributed by atoms with van der Waals surface area (Å²) in [7, 11) is 3.65. The number of aryl methyl sites for hydroxylation is 1. The highest BCUT2D eigenvalue weighted by atomic mass is 16.2. The number of nitrogens with zero attached hydrogens (tertiary/aromatic N) is 5. The molecule has 27 heavy (non-hydrogen) atoms. The summed E-state index contributed by atoms with van der Waals surface area (Å²) >= 11 is 0. The number of aromatic nitrogens is 3. The molecule has 1 aliphatic rings. The molecular formula is C19H26N6O2. The molecule has 144 valence electrons. The molecule has 0 aliphatic carbocycles. The zero-order valence-electron chi connectivity index (χ0n) is 16.1. The highest BCUT2D eigenvalue weighted by Crippen LogP contribution is 2.16. The minimum atomic E-state index is -0.208. The summed E-state index contributed by atoms with van der Waals surface area (Å²) in [6.45, 7) is 3.97. The van der Waals surface area contributed by atoms with Gasteiger partial charge in [0.25, 0.3) is 0 Å². The highest BCUT2D eigenvalue weighted by molar-refractivity contribution is 5.92. The van der Waals surface area contributed by atoms with Gasteiger partial charge in [-0.3, -0.25) is 24.2 Å². The van der Waals surface area contributed by atoms with Crippen LogP contribution >= 0.6 is 0 Å². The van der Waals surface area contributed by atoms with Crippen molar-refractivity contribution in [2.45, 2.75) is 13.3 Å². The second kappa shape index (κ2) is 8.30. The second-order valence-corrected chi connectivity index (χ2v) is 7.03. The molecular weight excluding hydrogens is 344 g/mol. The zero-order chi connectivity index (χ0) is 19.4. The lowest BCUT2D eigenvalue weighted by Crippen LogP contribution is -2.38. The number of carbonyl (C=O) groups is 2. The zero-order valence-corrected chi connectivity index (χ0v) is 16.1. The quantitative estimate of drug-likeness (QED) is 0.837. The molecule has 2 aromatic heterocycles. The van der Waals surface area contributed by atoms with E-state index in [1.807, 2.05) is 44.1 Å². The third-order valence-corrected chi connectivity index (χ3v) is 5.01. The van der Waals surface area contributed by atoms with E-state index in [0.717, 1.165) is 17.1 Å². The standard InChI is InChI=1S/C19H26N6O2/c1-14-17(11-21-24(14)3)22-18(26)13-25-9-8-23(2)19(27)15(12-25)10-16-6-4-5-7-20-16/h4-7,11,15H,8-10,12-13H2,1-3H3,(H,22,26). The van der Waals surface area contributed by atoms with Gasteiger partial charge in [-0.2, -0.15) is 5.10 Å². The fraction of sp³-hybridized carbons (Fsp3) is 0.474. The first kappa shape index (κ1) is 19.0. The van der Waals surface area contributed by atoms with Crippen LogP contribution in [-0.2, 0) is 23.1 Å². The van der Waals surface area contributed by atoms with E-state index < -0.39 is 0 Å². The summed E-state index contributed by atoms with van der Waals surface area (Å²) in [5.41, 5.74) is 2.51. The Morgan fingerprint density at radius 3 is 2.78 bits per heavy atom. The first-order valence-electron chi connectivity index (χ1n) is 9.09. The number of likely N-dealkylation sites (N-methyl/N-ethyl adjacent to an activating group) is 1. The van der Waals surface area contributed by atoms with Gasteiger partial charge in [-0.1, -0.05) is 6.07 Å². The lowest BCUT2D eigenvalue weighted by molar-refractivity contribution is -0.133. The van der Waals surface area contributed by atoms with Crippen molar-refractivity contribution in [3.8, 4) is 0 Å². The Bertz CT molecular complexity index is 804. The van der Waals surface area contributed by atoms with Crippen molar-refractivity contribution in [3.05, 3.63) is 42.0 Å². The van der Waals surface area contributed by atoms with Gasteiger partial charge in [0.15, 0.2) is 0 Å². The van der Waals surface area contributed by atoms with E-state index in [1.54, 1.807) is 22.0 Å². The predicted molar refractivity (Wildman–Crippen MR) is 102 cm³/mol. The molecule has 0 radical (unpaired) electrons. The maximum atomic E-state index is 12.7. The Morgan fingerprint density at radius 2 is 2.11 bits per heavy atom. The summed E-state index contributed by atoms with van der Waals surface area (Å²) in [5, 5.41) is 7.05. The molecule has 8 nitrogen and oxygen atoms in total. The molecule has 1 N–H and O–H groups in total. The smallest absolute Gasteiger partial charge is 0.238 e. The van der Waals surface area contributed by atoms with Crippen molar-refractivity contribution >= 4 is 17.5 Å². The summed E-state index contributed by atoms with van der Waals surface area (Å²) < 4.78 is 1.72. The average Bonchev–Trinajstić information content (AvgIpc) is 2.90. The molecule has 0 bridgehead atoms. The van der Waals surface area contributed by atoms with E-state index in [1.165, 1.54) is 0 Å². The molecule has 1 aliphatic heterocycles. The molecule has 3 rings (SSSR count). The van der Waals surface area contributed by atoms with Gasteiger partial charge in [0.05, 0.1) is 30.0 Å². The number of anilines is 1. The Balaban J connectivity index is 1.65. The number of hydrogen-bond acceptors (Lipinski definition) is 5. The van der Waals surface area contributed by atoms with Gasteiger partial charge in [0.1, 0.15) is 0 Å². The molecule has 1 fully saturated rings. The van der Waals surface area contributed by atoms with Crippen LogP contribution in [-0.4, -0.2) is 69.6 Å². The third-order valence-electron chi connectivity index (χ3n) is 5.01. The van der Waals surface area contributed by atoms with Crippen LogP contribution in [0.4, 0.5) is 5.69 Å². The fourth-order valence-electron chi connectivity index (χ4n) is 3.28. The van der Waals surface area contributed by atoms with Crippen LogP contribution in [0, 0.1) is 12.8 Å². The topological polar surface area (TPSA) is 83.4 Å². The largest absolute Gasteiger partial charge is 0.344 e. The Kier molecular flexibility index (Phi) is 5.85. The number of rotatable bonds is 5. The second-order valence-electron chi connectivity index (χ2n) is 7.03.